The van der Waals surface area contributed by atoms with Crippen molar-refractivity contribution in [3.63, 3.8) is 0 Å². The van der Waals surface area contributed by atoms with Crippen LogP contribution in [0.5, 0.6) is 5.75 Å². The van der Waals surface area contributed by atoms with Crippen LogP contribution in [0, 0.1) is 0 Å². The molecule has 0 amide bonds. The minimum Gasteiger partial charge on any atom is -0.490 e. The Kier molecular flexibility index (Phi) is 5.24. The maximum absolute atomic E-state index is 5.71. The van der Waals surface area contributed by atoms with Crippen molar-refractivity contribution < 1.29 is 14.2 Å². The standard InChI is InChI=1S/C15H20O3/c1-2-10-16-14-8-6-13(7-9-14)12-18-15-5-3-4-11-17-15/h2,6-9,15H,1,3-5,10-12H2. The zero-order chi connectivity index (χ0) is 12.6. The lowest BCUT2D eigenvalue weighted by Gasteiger charge is -2.22. The van der Waals surface area contributed by atoms with Crippen LogP contribution in [0.25, 0.3) is 0 Å². The Morgan fingerprint density at radius 3 is 2.78 bits per heavy atom. The number of benzene rings is 1. The summed E-state index contributed by atoms with van der Waals surface area (Å²) in [6, 6.07) is 7.93. The van der Waals surface area contributed by atoms with E-state index in [0.717, 1.165) is 30.8 Å². The molecule has 1 saturated heterocycles. The molecule has 0 saturated carbocycles. The molecule has 98 valence electrons. The van der Waals surface area contributed by atoms with E-state index >= 15 is 0 Å². The summed E-state index contributed by atoms with van der Waals surface area (Å²) in [5, 5.41) is 0. The second-order valence-electron chi connectivity index (χ2n) is 4.35. The lowest BCUT2D eigenvalue weighted by Crippen LogP contribution is -2.21. The highest BCUT2D eigenvalue weighted by Crippen LogP contribution is 2.17. The van der Waals surface area contributed by atoms with E-state index in [4.69, 9.17) is 14.2 Å². The second kappa shape index (κ2) is 7.19. The molecule has 1 unspecified atom stereocenters. The minimum absolute atomic E-state index is 0.0320. The van der Waals surface area contributed by atoms with Crippen molar-refractivity contribution in [3.05, 3.63) is 42.5 Å². The smallest absolute Gasteiger partial charge is 0.158 e. The van der Waals surface area contributed by atoms with E-state index in [9.17, 15) is 0 Å². The summed E-state index contributed by atoms with van der Waals surface area (Å²) < 4.78 is 16.7. The van der Waals surface area contributed by atoms with Crippen LogP contribution in [-0.2, 0) is 16.1 Å². The molecule has 1 aromatic rings. The molecule has 0 spiro atoms. The van der Waals surface area contributed by atoms with Crippen molar-refractivity contribution >= 4 is 0 Å². The lowest BCUT2D eigenvalue weighted by molar-refractivity contribution is -0.168. The van der Waals surface area contributed by atoms with E-state index in [-0.39, 0.29) is 6.29 Å². The van der Waals surface area contributed by atoms with Gasteiger partial charge in [-0.25, -0.2) is 0 Å². The van der Waals surface area contributed by atoms with Crippen LogP contribution in [-0.4, -0.2) is 19.5 Å². The summed E-state index contributed by atoms with van der Waals surface area (Å²) in [6.45, 7) is 5.56. The van der Waals surface area contributed by atoms with Gasteiger partial charge in [-0.05, 0) is 37.0 Å². The summed E-state index contributed by atoms with van der Waals surface area (Å²) >= 11 is 0. The molecule has 18 heavy (non-hydrogen) atoms. The summed E-state index contributed by atoms with van der Waals surface area (Å²) in [5.74, 6) is 0.854. The van der Waals surface area contributed by atoms with Crippen molar-refractivity contribution in [1.29, 1.82) is 0 Å². The van der Waals surface area contributed by atoms with Crippen LogP contribution in [0.4, 0.5) is 0 Å². The van der Waals surface area contributed by atoms with E-state index in [1.54, 1.807) is 6.08 Å². The largest absolute Gasteiger partial charge is 0.490 e. The zero-order valence-electron chi connectivity index (χ0n) is 10.6. The van der Waals surface area contributed by atoms with Crippen LogP contribution in [0.1, 0.15) is 24.8 Å². The van der Waals surface area contributed by atoms with Gasteiger partial charge in [-0.15, -0.1) is 0 Å². The van der Waals surface area contributed by atoms with Gasteiger partial charge >= 0.3 is 0 Å². The Hall–Kier alpha value is -1.32. The normalized spacial score (nSPS) is 19.4. The predicted molar refractivity (Wildman–Crippen MR) is 70.5 cm³/mol. The van der Waals surface area contributed by atoms with E-state index in [1.165, 1.54) is 6.42 Å². The van der Waals surface area contributed by atoms with Crippen molar-refractivity contribution in [2.45, 2.75) is 32.2 Å². The molecule has 1 atom stereocenters. The van der Waals surface area contributed by atoms with Gasteiger partial charge in [0.1, 0.15) is 12.4 Å². The molecule has 3 heteroatoms. The minimum atomic E-state index is -0.0320. The highest BCUT2D eigenvalue weighted by Gasteiger charge is 2.13. The van der Waals surface area contributed by atoms with Crippen LogP contribution in [0.3, 0.4) is 0 Å². The van der Waals surface area contributed by atoms with Gasteiger partial charge in [0.15, 0.2) is 6.29 Å². The van der Waals surface area contributed by atoms with E-state index in [1.807, 2.05) is 24.3 Å². The van der Waals surface area contributed by atoms with Gasteiger partial charge < -0.3 is 14.2 Å². The monoisotopic (exact) mass is 248 g/mol. The molecule has 1 aliphatic heterocycles. The van der Waals surface area contributed by atoms with Gasteiger partial charge in [0, 0.05) is 6.61 Å². The van der Waals surface area contributed by atoms with Gasteiger partial charge in [-0.2, -0.15) is 0 Å². The Bertz CT molecular complexity index is 353. The molecule has 0 radical (unpaired) electrons. The molecule has 0 N–H and O–H groups in total. The Labute approximate surface area is 108 Å². The van der Waals surface area contributed by atoms with Crippen molar-refractivity contribution in [2.24, 2.45) is 0 Å². The number of rotatable bonds is 6. The van der Waals surface area contributed by atoms with Crippen molar-refractivity contribution in [1.82, 2.24) is 0 Å². The van der Waals surface area contributed by atoms with Gasteiger partial charge in [0.25, 0.3) is 0 Å². The second-order valence-corrected chi connectivity index (χ2v) is 4.35. The summed E-state index contributed by atoms with van der Waals surface area (Å²) in [6.07, 6.45) is 5.04. The first-order chi connectivity index (χ1) is 8.88. The Balaban J connectivity index is 1.76. The fourth-order valence-electron chi connectivity index (χ4n) is 1.87. The van der Waals surface area contributed by atoms with E-state index in [2.05, 4.69) is 6.58 Å². The topological polar surface area (TPSA) is 27.7 Å². The summed E-state index contributed by atoms with van der Waals surface area (Å²) in [5.41, 5.74) is 1.13. The van der Waals surface area contributed by atoms with Gasteiger partial charge in [0.2, 0.25) is 0 Å². The highest BCUT2D eigenvalue weighted by atomic mass is 16.7. The van der Waals surface area contributed by atoms with Crippen LogP contribution in [0.2, 0.25) is 0 Å². The quantitative estimate of drug-likeness (QED) is 0.723. The van der Waals surface area contributed by atoms with E-state index < -0.39 is 0 Å². The Morgan fingerprint density at radius 1 is 1.28 bits per heavy atom. The van der Waals surface area contributed by atoms with E-state index in [0.29, 0.717) is 13.2 Å². The molecular formula is C15H20O3. The maximum Gasteiger partial charge on any atom is 0.158 e. The summed E-state index contributed by atoms with van der Waals surface area (Å²) in [7, 11) is 0. The number of hydrogen-bond donors (Lipinski definition) is 0. The van der Waals surface area contributed by atoms with Crippen LogP contribution < -0.4 is 4.74 Å². The molecule has 3 nitrogen and oxygen atoms in total. The molecule has 0 aliphatic carbocycles. The fourth-order valence-corrected chi connectivity index (χ4v) is 1.87. The van der Waals surface area contributed by atoms with Crippen molar-refractivity contribution in [2.75, 3.05) is 13.2 Å². The van der Waals surface area contributed by atoms with Crippen LogP contribution >= 0.6 is 0 Å². The molecule has 1 aromatic carbocycles. The first kappa shape index (κ1) is 13.1. The third-order valence-corrected chi connectivity index (χ3v) is 2.87. The molecule has 0 bridgehead atoms. The highest BCUT2D eigenvalue weighted by molar-refractivity contribution is 5.27. The fraction of sp³-hybridized carbons (Fsp3) is 0.467. The molecule has 1 fully saturated rings. The maximum atomic E-state index is 5.71. The molecule has 2 rings (SSSR count). The SMILES string of the molecule is C=CCOc1ccc(COC2CCCCO2)cc1. The third-order valence-electron chi connectivity index (χ3n) is 2.87. The average Bonchev–Trinajstić information content (AvgIpc) is 2.45. The van der Waals surface area contributed by atoms with Gasteiger partial charge in [-0.1, -0.05) is 24.8 Å². The first-order valence-electron chi connectivity index (χ1n) is 6.44. The predicted octanol–water partition coefficient (Wildman–Crippen LogP) is 3.29. The van der Waals surface area contributed by atoms with Crippen LogP contribution in [0.15, 0.2) is 36.9 Å². The molecule has 0 aromatic heterocycles. The first-order valence-corrected chi connectivity index (χ1v) is 6.44. The number of hydrogen-bond acceptors (Lipinski definition) is 3. The lowest BCUT2D eigenvalue weighted by atomic mass is 10.2. The van der Waals surface area contributed by atoms with Gasteiger partial charge in [-0.3, -0.25) is 0 Å². The van der Waals surface area contributed by atoms with Gasteiger partial charge in [0.05, 0.1) is 6.61 Å². The molecular weight excluding hydrogens is 228 g/mol. The third kappa shape index (κ3) is 4.17. The summed E-state index contributed by atoms with van der Waals surface area (Å²) in [4.78, 5) is 0. The zero-order valence-corrected chi connectivity index (χ0v) is 10.6. The van der Waals surface area contributed by atoms with Crippen molar-refractivity contribution in [3.8, 4) is 5.75 Å². The molecule has 1 heterocycles. The average molecular weight is 248 g/mol. The Morgan fingerprint density at radius 2 is 2.11 bits per heavy atom. The number of ether oxygens (including phenoxy) is 3. The molecule has 1 aliphatic rings.